The summed E-state index contributed by atoms with van der Waals surface area (Å²) in [4.78, 5) is 25.8. The Morgan fingerprint density at radius 3 is 1.30 bits per heavy atom. The molecular weight excluding hydrogens is 1080 g/mol. The van der Waals surface area contributed by atoms with Crippen molar-refractivity contribution in [1.29, 1.82) is 0 Å². The molecule has 22 nitrogen and oxygen atoms in total. The Kier molecular flexibility index (Phi) is 40.6. The van der Waals surface area contributed by atoms with Crippen LogP contribution in [0.15, 0.2) is 0 Å². The largest absolute Gasteiger partial charge is 0.394 e. The van der Waals surface area contributed by atoms with Gasteiger partial charge in [0.2, 0.25) is 11.8 Å². The molecule has 22 heteroatoms. The summed E-state index contributed by atoms with van der Waals surface area (Å²) in [5.74, 6) is -1.48. The molecule has 0 bridgehead atoms. The first-order valence-corrected chi connectivity index (χ1v) is 32.5. The molecular formula is C61H116N2O20. The van der Waals surface area contributed by atoms with Crippen molar-refractivity contribution in [1.82, 2.24) is 10.6 Å². The third kappa shape index (κ3) is 28.5. The Morgan fingerprint density at radius 2 is 0.855 bits per heavy atom. The second-order valence-corrected chi connectivity index (χ2v) is 23.9. The van der Waals surface area contributed by atoms with Crippen molar-refractivity contribution in [3.05, 3.63) is 0 Å². The lowest BCUT2D eigenvalue weighted by molar-refractivity contribution is -0.371. The summed E-state index contributed by atoms with van der Waals surface area (Å²) in [6, 6.07) is -2.82. The first-order valence-electron chi connectivity index (χ1n) is 32.5. The van der Waals surface area contributed by atoms with Crippen LogP contribution < -0.4 is 10.6 Å². The molecule has 0 aliphatic carbocycles. The maximum atomic E-state index is 13.7. The van der Waals surface area contributed by atoms with Gasteiger partial charge in [0.15, 0.2) is 18.9 Å². The minimum Gasteiger partial charge on any atom is -0.394 e. The number of hydrogen-bond acceptors (Lipinski definition) is 20. The van der Waals surface area contributed by atoms with Gasteiger partial charge >= 0.3 is 0 Å². The third-order valence-electron chi connectivity index (χ3n) is 16.8. The molecule has 2 amide bonds. The van der Waals surface area contributed by atoms with Gasteiger partial charge in [-0.05, 0) is 12.8 Å². The smallest absolute Gasteiger partial charge is 0.249 e. The number of rotatable bonds is 48. The summed E-state index contributed by atoms with van der Waals surface area (Å²) >= 11 is 0. The predicted molar refractivity (Wildman–Crippen MR) is 310 cm³/mol. The van der Waals surface area contributed by atoms with E-state index < -0.39 is 155 Å². The van der Waals surface area contributed by atoms with Crippen LogP contribution in [0.1, 0.15) is 233 Å². The fourth-order valence-corrected chi connectivity index (χ4v) is 11.3. The third-order valence-corrected chi connectivity index (χ3v) is 16.8. The number of unbranched alkanes of at least 4 members (excludes halogenated alkanes) is 29. The Balaban J connectivity index is 1.68. The fraction of sp³-hybridized carbons (Fsp3) is 0.967. The van der Waals surface area contributed by atoms with Crippen LogP contribution in [-0.2, 0) is 38.0 Å². The zero-order valence-electron chi connectivity index (χ0n) is 50.8. The topological polar surface area (TPSA) is 356 Å². The van der Waals surface area contributed by atoms with Crippen LogP contribution in [0.4, 0.5) is 0 Å². The highest BCUT2D eigenvalue weighted by Crippen LogP contribution is 2.32. The van der Waals surface area contributed by atoms with Gasteiger partial charge in [0.05, 0.1) is 38.6 Å². The Bertz CT molecular complexity index is 1630. The summed E-state index contributed by atoms with van der Waals surface area (Å²) in [6.45, 7) is 2.65. The average Bonchev–Trinajstić information content (AvgIpc) is 3.48. The number of aliphatic hydroxyl groups excluding tert-OH is 12. The number of aliphatic hydroxyl groups is 12. The van der Waals surface area contributed by atoms with Gasteiger partial charge in [-0.1, -0.05) is 213 Å². The van der Waals surface area contributed by atoms with Gasteiger partial charge in [0.25, 0.3) is 0 Å². The second-order valence-electron chi connectivity index (χ2n) is 23.9. The van der Waals surface area contributed by atoms with E-state index in [1.807, 2.05) is 0 Å². The van der Waals surface area contributed by atoms with Crippen molar-refractivity contribution in [2.45, 2.75) is 349 Å². The lowest BCUT2D eigenvalue weighted by Crippen LogP contribution is -2.66. The van der Waals surface area contributed by atoms with Crippen LogP contribution in [0.5, 0.6) is 0 Å². The van der Waals surface area contributed by atoms with E-state index in [0.717, 1.165) is 64.7 Å². The molecule has 3 aliphatic rings. The molecule has 0 aromatic rings. The molecule has 0 spiro atoms. The van der Waals surface area contributed by atoms with E-state index in [4.69, 9.17) is 28.4 Å². The summed E-state index contributed by atoms with van der Waals surface area (Å²) in [7, 11) is 0. The molecule has 0 aromatic heterocycles. The number of carbonyl (C=O) groups is 2. The van der Waals surface area contributed by atoms with Crippen LogP contribution >= 0.6 is 0 Å². The molecule has 83 heavy (non-hydrogen) atoms. The lowest BCUT2D eigenvalue weighted by atomic mass is 9.96. The van der Waals surface area contributed by atoms with Crippen LogP contribution in [0.3, 0.4) is 0 Å². The zero-order chi connectivity index (χ0) is 60.9. The minimum atomic E-state index is -2.01. The molecule has 0 radical (unpaired) electrons. The van der Waals surface area contributed by atoms with E-state index in [1.165, 1.54) is 128 Å². The molecule has 3 heterocycles. The molecule has 3 saturated heterocycles. The number of hydrogen-bond donors (Lipinski definition) is 14. The van der Waals surface area contributed by atoms with Gasteiger partial charge in [0.1, 0.15) is 85.4 Å². The Morgan fingerprint density at radius 1 is 0.458 bits per heavy atom. The van der Waals surface area contributed by atoms with Crippen molar-refractivity contribution in [3.8, 4) is 0 Å². The van der Waals surface area contributed by atoms with Crippen molar-refractivity contribution in [3.63, 3.8) is 0 Å². The van der Waals surface area contributed by atoms with E-state index in [0.29, 0.717) is 12.8 Å². The molecule has 490 valence electrons. The van der Waals surface area contributed by atoms with Gasteiger partial charge in [-0.2, -0.15) is 0 Å². The summed E-state index contributed by atoms with van der Waals surface area (Å²) in [5.41, 5.74) is 0. The van der Waals surface area contributed by atoms with Gasteiger partial charge in [-0.3, -0.25) is 9.59 Å². The first-order chi connectivity index (χ1) is 40.0. The monoisotopic (exact) mass is 1200 g/mol. The van der Waals surface area contributed by atoms with E-state index >= 15 is 0 Å². The molecule has 3 aliphatic heterocycles. The van der Waals surface area contributed by atoms with Crippen molar-refractivity contribution >= 4 is 11.8 Å². The molecule has 14 N–H and O–H groups in total. The highest BCUT2D eigenvalue weighted by Gasteiger charge is 2.52. The van der Waals surface area contributed by atoms with Gasteiger partial charge in [0, 0.05) is 6.92 Å². The minimum absolute atomic E-state index is 0.130. The highest BCUT2D eigenvalue weighted by molar-refractivity contribution is 5.80. The van der Waals surface area contributed by atoms with Gasteiger partial charge in [-0.25, -0.2) is 0 Å². The van der Waals surface area contributed by atoms with Crippen molar-refractivity contribution in [2.24, 2.45) is 0 Å². The highest BCUT2D eigenvalue weighted by atomic mass is 16.8. The molecule has 0 aromatic carbocycles. The number of carbonyl (C=O) groups excluding carboxylic acids is 2. The lowest BCUT2D eigenvalue weighted by Gasteiger charge is -2.47. The van der Waals surface area contributed by atoms with Crippen molar-refractivity contribution < 1.29 is 99.3 Å². The van der Waals surface area contributed by atoms with E-state index in [1.54, 1.807) is 0 Å². The SMILES string of the molecule is CCCCCCCCCCCCCCCCCCCCC[C@@H](O)C(=O)N[C@@H](CO[C@H]1O[C@H](CO[C@@H]2O[C@H](CO)[C@H](O)[C@H](O)[C@H]2NC(C)=O)[C@H](O)[C@H](O)[C@H]1O[C@H]1O[C@H](CO)[C@H](O)[C@H](O)[C@H]1O)[C@H](O)[C@H](O)CCCCCCCCCCCCCC. The number of nitrogens with one attached hydrogen (secondary N) is 2. The molecule has 0 unspecified atom stereocenters. The molecule has 0 saturated carbocycles. The summed E-state index contributed by atoms with van der Waals surface area (Å²) < 4.78 is 35.2. The van der Waals surface area contributed by atoms with Crippen LogP contribution in [-0.4, -0.2) is 216 Å². The standard InChI is InChI=1S/C61H116N2O20/c1-4-6-8-10-12-14-16-18-19-20-21-22-23-24-26-28-30-32-34-36-44(68)58(77)63-42(49(69)43(67)35-33-31-29-27-25-17-15-13-11-9-7-5-2)39-78-61-57(83-60-56(76)54(74)51(71)46(38-65)81-60)55(75)52(72)47(82-61)40-79-59-48(62-41(3)66)53(73)50(70)45(37-64)80-59/h42-57,59-61,64-65,67-76H,4-40H2,1-3H3,(H,62,66)(H,63,77)/t42-,43+,44+,45+,46+,47+,48+,49-,50-,51-,52-,53+,54-,55-,56+,57+,59+,60+,61-/m0/s1. The van der Waals surface area contributed by atoms with Gasteiger partial charge in [-0.15, -0.1) is 0 Å². The fourth-order valence-electron chi connectivity index (χ4n) is 11.3. The van der Waals surface area contributed by atoms with E-state index in [-0.39, 0.29) is 12.8 Å². The maximum Gasteiger partial charge on any atom is 0.249 e. The second kappa shape index (κ2) is 44.6. The van der Waals surface area contributed by atoms with Crippen LogP contribution in [0, 0.1) is 0 Å². The number of amides is 2. The molecule has 19 atom stereocenters. The Hall–Kier alpha value is -1.78. The van der Waals surface area contributed by atoms with Crippen LogP contribution in [0.25, 0.3) is 0 Å². The van der Waals surface area contributed by atoms with Crippen molar-refractivity contribution in [2.75, 3.05) is 26.4 Å². The molecule has 3 rings (SSSR count). The van der Waals surface area contributed by atoms with E-state index in [2.05, 4.69) is 24.5 Å². The van der Waals surface area contributed by atoms with Crippen LogP contribution in [0.2, 0.25) is 0 Å². The number of ether oxygens (including phenoxy) is 6. The Labute approximate surface area is 495 Å². The normalized spacial score (nSPS) is 30.0. The zero-order valence-corrected chi connectivity index (χ0v) is 50.8. The maximum absolute atomic E-state index is 13.7. The summed E-state index contributed by atoms with van der Waals surface area (Å²) in [6.07, 6.45) is 7.24. The molecule has 3 fully saturated rings. The quantitative estimate of drug-likeness (QED) is 0.0382. The van der Waals surface area contributed by atoms with E-state index in [9.17, 15) is 70.9 Å². The first kappa shape index (κ1) is 75.5. The predicted octanol–water partition coefficient (Wildman–Crippen LogP) is 4.08. The average molecular weight is 1200 g/mol. The summed E-state index contributed by atoms with van der Waals surface area (Å²) in [5, 5.41) is 136. The van der Waals surface area contributed by atoms with Gasteiger partial charge < -0.3 is 100 Å².